The first-order valence-electron chi connectivity index (χ1n) is 6.37. The summed E-state index contributed by atoms with van der Waals surface area (Å²) in [7, 11) is 1.69. The van der Waals surface area contributed by atoms with Crippen molar-refractivity contribution in [1.82, 2.24) is 0 Å². The maximum Gasteiger partial charge on any atom is 0.118 e. The number of aryl methyl sites for hydroxylation is 1. The van der Waals surface area contributed by atoms with E-state index in [4.69, 9.17) is 4.74 Å². The van der Waals surface area contributed by atoms with Crippen molar-refractivity contribution in [3.63, 3.8) is 0 Å². The molecule has 0 aliphatic rings. The minimum Gasteiger partial charge on any atom is -0.497 e. The molecular formula is C17H20O. The molecule has 0 spiro atoms. The van der Waals surface area contributed by atoms with Gasteiger partial charge >= 0.3 is 0 Å². The van der Waals surface area contributed by atoms with Crippen molar-refractivity contribution >= 4 is 0 Å². The van der Waals surface area contributed by atoms with Crippen molar-refractivity contribution in [3.05, 3.63) is 53.6 Å². The van der Waals surface area contributed by atoms with E-state index in [-0.39, 0.29) is 0 Å². The molecule has 1 heteroatoms. The van der Waals surface area contributed by atoms with Crippen LogP contribution in [0.15, 0.2) is 42.5 Å². The molecule has 0 N–H and O–H groups in total. The first kappa shape index (κ1) is 12.7. The Kier molecular flexibility index (Phi) is 3.71. The Labute approximate surface area is 109 Å². The molecule has 0 atom stereocenters. The van der Waals surface area contributed by atoms with E-state index in [1.54, 1.807) is 7.11 Å². The Bertz CT molecular complexity index is 524. The van der Waals surface area contributed by atoms with Crippen LogP contribution in [0.2, 0.25) is 0 Å². The van der Waals surface area contributed by atoms with Gasteiger partial charge in [0.2, 0.25) is 0 Å². The third kappa shape index (κ3) is 2.56. The van der Waals surface area contributed by atoms with Crippen molar-refractivity contribution in [1.29, 1.82) is 0 Å². The molecule has 0 unspecified atom stereocenters. The lowest BCUT2D eigenvalue weighted by Gasteiger charge is -2.12. The molecule has 0 amide bonds. The molecule has 0 fully saturated rings. The van der Waals surface area contributed by atoms with E-state index in [0.29, 0.717) is 5.92 Å². The van der Waals surface area contributed by atoms with Crippen LogP contribution in [0.1, 0.15) is 30.9 Å². The Morgan fingerprint density at radius 1 is 0.889 bits per heavy atom. The summed E-state index contributed by atoms with van der Waals surface area (Å²) in [5.74, 6) is 1.46. The number of benzene rings is 2. The summed E-state index contributed by atoms with van der Waals surface area (Å²) in [5.41, 5.74) is 5.29. The van der Waals surface area contributed by atoms with Crippen LogP contribution in [0, 0.1) is 6.92 Å². The molecule has 1 nitrogen and oxygen atoms in total. The zero-order valence-corrected chi connectivity index (χ0v) is 11.5. The van der Waals surface area contributed by atoms with Crippen molar-refractivity contribution in [2.45, 2.75) is 26.7 Å². The summed E-state index contributed by atoms with van der Waals surface area (Å²) in [4.78, 5) is 0. The Hall–Kier alpha value is -1.76. The average molecular weight is 240 g/mol. The summed E-state index contributed by atoms with van der Waals surface area (Å²) in [5, 5.41) is 0. The van der Waals surface area contributed by atoms with E-state index in [0.717, 1.165) is 5.75 Å². The highest BCUT2D eigenvalue weighted by molar-refractivity contribution is 5.65. The standard InChI is InChI=1S/C17H20O/c1-12(2)17-11-15(6-5-13(17)3)14-7-9-16(18-4)10-8-14/h5-12H,1-4H3. The lowest BCUT2D eigenvalue weighted by Crippen LogP contribution is -1.92. The fraction of sp³-hybridized carbons (Fsp3) is 0.294. The summed E-state index contributed by atoms with van der Waals surface area (Å²) in [6.45, 7) is 6.65. The number of ether oxygens (including phenoxy) is 1. The molecule has 0 saturated carbocycles. The first-order chi connectivity index (χ1) is 8.61. The molecule has 0 heterocycles. The van der Waals surface area contributed by atoms with Gasteiger partial charge in [-0.1, -0.05) is 44.2 Å². The molecule has 2 rings (SSSR count). The highest BCUT2D eigenvalue weighted by Gasteiger charge is 2.06. The molecule has 0 saturated heterocycles. The summed E-state index contributed by atoms with van der Waals surface area (Å²) in [6.07, 6.45) is 0. The predicted octanol–water partition coefficient (Wildman–Crippen LogP) is 4.79. The van der Waals surface area contributed by atoms with Crippen molar-refractivity contribution in [3.8, 4) is 16.9 Å². The fourth-order valence-corrected chi connectivity index (χ4v) is 2.23. The largest absolute Gasteiger partial charge is 0.497 e. The van der Waals surface area contributed by atoms with Crippen molar-refractivity contribution in [2.24, 2.45) is 0 Å². The van der Waals surface area contributed by atoms with Crippen LogP contribution < -0.4 is 4.74 Å². The van der Waals surface area contributed by atoms with Crippen LogP contribution in [0.25, 0.3) is 11.1 Å². The molecule has 0 aromatic heterocycles. The molecule has 18 heavy (non-hydrogen) atoms. The van der Waals surface area contributed by atoms with Crippen molar-refractivity contribution in [2.75, 3.05) is 7.11 Å². The van der Waals surface area contributed by atoms with Gasteiger partial charge in [0.1, 0.15) is 5.75 Å². The summed E-state index contributed by atoms with van der Waals surface area (Å²) in [6, 6.07) is 14.9. The highest BCUT2D eigenvalue weighted by atomic mass is 16.5. The van der Waals surface area contributed by atoms with Crippen LogP contribution in [0.5, 0.6) is 5.75 Å². The number of rotatable bonds is 3. The molecule has 0 aliphatic carbocycles. The second-order valence-corrected chi connectivity index (χ2v) is 4.95. The second-order valence-electron chi connectivity index (χ2n) is 4.95. The van der Waals surface area contributed by atoms with E-state index < -0.39 is 0 Å². The van der Waals surface area contributed by atoms with Gasteiger partial charge < -0.3 is 4.74 Å². The maximum absolute atomic E-state index is 5.19. The smallest absolute Gasteiger partial charge is 0.118 e. The van der Waals surface area contributed by atoms with Crippen LogP contribution >= 0.6 is 0 Å². The van der Waals surface area contributed by atoms with E-state index in [1.807, 2.05) is 12.1 Å². The van der Waals surface area contributed by atoms with Crippen LogP contribution in [0.4, 0.5) is 0 Å². The van der Waals surface area contributed by atoms with Gasteiger partial charge in [-0.2, -0.15) is 0 Å². The lowest BCUT2D eigenvalue weighted by molar-refractivity contribution is 0.415. The van der Waals surface area contributed by atoms with E-state index in [2.05, 4.69) is 51.1 Å². The second kappa shape index (κ2) is 5.26. The van der Waals surface area contributed by atoms with Gasteiger partial charge in [0.05, 0.1) is 7.11 Å². The molecular weight excluding hydrogens is 220 g/mol. The third-order valence-electron chi connectivity index (χ3n) is 3.32. The van der Waals surface area contributed by atoms with Crippen LogP contribution in [0.3, 0.4) is 0 Å². The molecule has 0 bridgehead atoms. The summed E-state index contributed by atoms with van der Waals surface area (Å²) >= 11 is 0. The van der Waals surface area contributed by atoms with Gasteiger partial charge in [-0.05, 0) is 47.2 Å². The predicted molar refractivity (Wildman–Crippen MR) is 77.3 cm³/mol. The van der Waals surface area contributed by atoms with E-state index in [1.165, 1.54) is 22.3 Å². The highest BCUT2D eigenvalue weighted by Crippen LogP contribution is 2.27. The Morgan fingerprint density at radius 2 is 1.50 bits per heavy atom. The van der Waals surface area contributed by atoms with Gasteiger partial charge in [0.15, 0.2) is 0 Å². The van der Waals surface area contributed by atoms with E-state index in [9.17, 15) is 0 Å². The first-order valence-corrected chi connectivity index (χ1v) is 6.37. The topological polar surface area (TPSA) is 9.23 Å². The van der Waals surface area contributed by atoms with Gasteiger partial charge in [0.25, 0.3) is 0 Å². The minimum absolute atomic E-state index is 0.559. The van der Waals surface area contributed by atoms with Crippen LogP contribution in [-0.4, -0.2) is 7.11 Å². The normalized spacial score (nSPS) is 10.7. The molecule has 2 aromatic carbocycles. The third-order valence-corrected chi connectivity index (χ3v) is 3.32. The number of hydrogen-bond donors (Lipinski definition) is 0. The van der Waals surface area contributed by atoms with Crippen LogP contribution in [-0.2, 0) is 0 Å². The molecule has 94 valence electrons. The zero-order valence-electron chi connectivity index (χ0n) is 11.5. The summed E-state index contributed by atoms with van der Waals surface area (Å²) < 4.78 is 5.19. The minimum atomic E-state index is 0.559. The Balaban J connectivity index is 2.41. The monoisotopic (exact) mass is 240 g/mol. The zero-order chi connectivity index (χ0) is 13.1. The molecule has 2 aromatic rings. The quantitative estimate of drug-likeness (QED) is 0.749. The lowest BCUT2D eigenvalue weighted by atomic mass is 9.93. The number of hydrogen-bond acceptors (Lipinski definition) is 1. The van der Waals surface area contributed by atoms with E-state index >= 15 is 0 Å². The average Bonchev–Trinajstić information content (AvgIpc) is 2.39. The maximum atomic E-state index is 5.19. The Morgan fingerprint density at radius 3 is 2.06 bits per heavy atom. The molecule has 0 radical (unpaired) electrons. The van der Waals surface area contributed by atoms with Gasteiger partial charge in [-0.3, -0.25) is 0 Å². The molecule has 0 aliphatic heterocycles. The van der Waals surface area contributed by atoms with Crippen molar-refractivity contribution < 1.29 is 4.74 Å². The number of methoxy groups -OCH3 is 1. The van der Waals surface area contributed by atoms with Gasteiger partial charge in [-0.15, -0.1) is 0 Å². The SMILES string of the molecule is COc1ccc(-c2ccc(C)c(C(C)C)c2)cc1. The van der Waals surface area contributed by atoms with Gasteiger partial charge in [-0.25, -0.2) is 0 Å². The van der Waals surface area contributed by atoms with Gasteiger partial charge in [0, 0.05) is 0 Å². The fourth-order valence-electron chi connectivity index (χ4n) is 2.23.